The first-order valence-corrected chi connectivity index (χ1v) is 5.17. The second-order valence-corrected chi connectivity index (χ2v) is 3.73. The molecule has 80 valence electrons. The summed E-state index contributed by atoms with van der Waals surface area (Å²) in [6.07, 6.45) is 1.67. The second kappa shape index (κ2) is 4.90. The highest BCUT2D eigenvalue weighted by Gasteiger charge is 1.92. The molecule has 2 aromatic rings. The molecule has 0 saturated carbocycles. The van der Waals surface area contributed by atoms with E-state index in [0.717, 1.165) is 5.56 Å². The second-order valence-electron chi connectivity index (χ2n) is 3.29. The number of halogens is 2. The minimum Gasteiger partial charge on any atom is -0.256 e. The van der Waals surface area contributed by atoms with Crippen molar-refractivity contribution in [1.29, 1.82) is 0 Å². The Hall–Kier alpha value is -1.67. The summed E-state index contributed by atoms with van der Waals surface area (Å²) in [6, 6.07) is 13.4. The van der Waals surface area contributed by atoms with E-state index in [9.17, 15) is 4.39 Å². The van der Waals surface area contributed by atoms with E-state index in [0.29, 0.717) is 10.7 Å². The van der Waals surface area contributed by atoms with Crippen LogP contribution in [0.3, 0.4) is 0 Å². The van der Waals surface area contributed by atoms with Crippen LogP contribution in [0.1, 0.15) is 5.56 Å². The smallest absolute Gasteiger partial charge is 0.125 e. The number of nitrogens with zero attached hydrogens (tertiary/aromatic N) is 1. The largest absolute Gasteiger partial charge is 0.256 e. The van der Waals surface area contributed by atoms with Gasteiger partial charge >= 0.3 is 0 Å². The van der Waals surface area contributed by atoms with E-state index < -0.39 is 0 Å². The highest BCUT2D eigenvalue weighted by atomic mass is 35.5. The lowest BCUT2D eigenvalue weighted by Gasteiger charge is -1.95. The molecule has 1 nitrogen and oxygen atoms in total. The van der Waals surface area contributed by atoms with Gasteiger partial charge in [-0.25, -0.2) is 4.39 Å². The first kappa shape index (κ1) is 10.8. The number of hydrogen-bond acceptors (Lipinski definition) is 1. The number of rotatable bonds is 2. The summed E-state index contributed by atoms with van der Waals surface area (Å²) in [7, 11) is 0. The molecular weight excluding hydrogens is 225 g/mol. The average molecular weight is 234 g/mol. The van der Waals surface area contributed by atoms with Gasteiger partial charge in [0.05, 0.1) is 5.69 Å². The van der Waals surface area contributed by atoms with Gasteiger partial charge in [-0.2, -0.15) is 0 Å². The standard InChI is InChI=1S/C13H9ClFN/c14-11-6-4-10(5-7-11)9-16-13-3-1-2-12(15)8-13/h1-9H/b16-9+. The number of benzene rings is 2. The van der Waals surface area contributed by atoms with Crippen molar-refractivity contribution >= 4 is 23.5 Å². The highest BCUT2D eigenvalue weighted by Crippen LogP contribution is 2.13. The Morgan fingerprint density at radius 3 is 2.50 bits per heavy atom. The Morgan fingerprint density at radius 2 is 1.81 bits per heavy atom. The zero-order valence-electron chi connectivity index (χ0n) is 8.40. The van der Waals surface area contributed by atoms with Gasteiger partial charge in [0.25, 0.3) is 0 Å². The summed E-state index contributed by atoms with van der Waals surface area (Å²) in [4.78, 5) is 4.16. The minimum absolute atomic E-state index is 0.286. The van der Waals surface area contributed by atoms with E-state index in [4.69, 9.17) is 11.6 Å². The minimum atomic E-state index is -0.286. The lowest BCUT2D eigenvalue weighted by molar-refractivity contribution is 0.628. The lowest BCUT2D eigenvalue weighted by atomic mass is 10.2. The molecule has 16 heavy (non-hydrogen) atoms. The van der Waals surface area contributed by atoms with Crippen LogP contribution in [0, 0.1) is 5.82 Å². The normalized spacial score (nSPS) is 10.9. The Balaban J connectivity index is 2.18. The Labute approximate surface area is 98.2 Å². The molecule has 0 spiro atoms. The van der Waals surface area contributed by atoms with Crippen molar-refractivity contribution in [1.82, 2.24) is 0 Å². The maximum Gasteiger partial charge on any atom is 0.125 e. The predicted octanol–water partition coefficient (Wildman–Crippen LogP) is 4.23. The summed E-state index contributed by atoms with van der Waals surface area (Å²) < 4.78 is 12.9. The molecule has 0 atom stereocenters. The van der Waals surface area contributed by atoms with Gasteiger partial charge in [-0.15, -0.1) is 0 Å². The Bertz CT molecular complexity index is 506. The van der Waals surface area contributed by atoms with Crippen LogP contribution in [-0.4, -0.2) is 6.21 Å². The van der Waals surface area contributed by atoms with E-state index in [2.05, 4.69) is 4.99 Å². The maximum atomic E-state index is 12.9. The van der Waals surface area contributed by atoms with Crippen LogP contribution in [0.15, 0.2) is 53.5 Å². The third-order valence-electron chi connectivity index (χ3n) is 2.04. The van der Waals surface area contributed by atoms with E-state index >= 15 is 0 Å². The average Bonchev–Trinajstić information content (AvgIpc) is 2.28. The van der Waals surface area contributed by atoms with Gasteiger partial charge in [0.2, 0.25) is 0 Å². The fourth-order valence-electron chi connectivity index (χ4n) is 1.25. The van der Waals surface area contributed by atoms with Gasteiger partial charge in [-0.05, 0) is 35.9 Å². The Kier molecular flexibility index (Phi) is 3.32. The molecule has 0 aromatic heterocycles. The van der Waals surface area contributed by atoms with Crippen LogP contribution >= 0.6 is 11.6 Å². The van der Waals surface area contributed by atoms with Crippen LogP contribution in [-0.2, 0) is 0 Å². The molecule has 0 aliphatic rings. The first-order valence-electron chi connectivity index (χ1n) is 4.79. The van der Waals surface area contributed by atoms with Crippen LogP contribution < -0.4 is 0 Å². The third kappa shape index (κ3) is 2.91. The number of aliphatic imine (C=N–C) groups is 1. The molecule has 0 heterocycles. The lowest BCUT2D eigenvalue weighted by Crippen LogP contribution is -1.79. The van der Waals surface area contributed by atoms with Crippen molar-refractivity contribution in [3.05, 3.63) is 64.9 Å². The van der Waals surface area contributed by atoms with E-state index in [1.54, 1.807) is 30.5 Å². The SMILES string of the molecule is Fc1cccc(/N=C/c2ccc(Cl)cc2)c1. The fourth-order valence-corrected chi connectivity index (χ4v) is 1.38. The zero-order valence-corrected chi connectivity index (χ0v) is 9.16. The van der Waals surface area contributed by atoms with Crippen LogP contribution in [0.2, 0.25) is 5.02 Å². The third-order valence-corrected chi connectivity index (χ3v) is 2.29. The molecular formula is C13H9ClFN. The molecule has 0 unspecified atom stereocenters. The summed E-state index contributed by atoms with van der Waals surface area (Å²) in [6.45, 7) is 0. The molecule has 0 aliphatic heterocycles. The quantitative estimate of drug-likeness (QED) is 0.689. The zero-order chi connectivity index (χ0) is 11.4. The monoisotopic (exact) mass is 233 g/mol. The first-order chi connectivity index (χ1) is 7.74. The van der Waals surface area contributed by atoms with Crippen molar-refractivity contribution in [3.63, 3.8) is 0 Å². The topological polar surface area (TPSA) is 12.4 Å². The van der Waals surface area contributed by atoms with Gasteiger partial charge < -0.3 is 0 Å². The van der Waals surface area contributed by atoms with Crippen molar-refractivity contribution < 1.29 is 4.39 Å². The van der Waals surface area contributed by atoms with Crippen molar-refractivity contribution in [2.24, 2.45) is 4.99 Å². The van der Waals surface area contributed by atoms with E-state index in [-0.39, 0.29) is 5.82 Å². The fraction of sp³-hybridized carbons (Fsp3) is 0. The molecule has 0 amide bonds. The molecule has 0 fully saturated rings. The molecule has 0 saturated heterocycles. The number of hydrogen-bond donors (Lipinski definition) is 0. The van der Waals surface area contributed by atoms with Crippen molar-refractivity contribution in [2.75, 3.05) is 0 Å². The predicted molar refractivity (Wildman–Crippen MR) is 65.1 cm³/mol. The van der Waals surface area contributed by atoms with Gasteiger partial charge in [-0.1, -0.05) is 29.8 Å². The van der Waals surface area contributed by atoms with Crippen LogP contribution in [0.4, 0.5) is 10.1 Å². The molecule has 0 bridgehead atoms. The molecule has 0 N–H and O–H groups in total. The van der Waals surface area contributed by atoms with Crippen molar-refractivity contribution in [3.8, 4) is 0 Å². The molecule has 2 aromatic carbocycles. The summed E-state index contributed by atoms with van der Waals surface area (Å²) in [5.41, 5.74) is 1.52. The summed E-state index contributed by atoms with van der Waals surface area (Å²) in [5, 5.41) is 0.683. The van der Waals surface area contributed by atoms with E-state index in [1.807, 2.05) is 12.1 Å². The van der Waals surface area contributed by atoms with Crippen LogP contribution in [0.25, 0.3) is 0 Å². The van der Waals surface area contributed by atoms with Crippen molar-refractivity contribution in [2.45, 2.75) is 0 Å². The maximum absolute atomic E-state index is 12.9. The summed E-state index contributed by atoms with van der Waals surface area (Å²) >= 11 is 5.76. The molecule has 2 rings (SSSR count). The van der Waals surface area contributed by atoms with Gasteiger partial charge in [0, 0.05) is 11.2 Å². The molecule has 0 radical (unpaired) electrons. The van der Waals surface area contributed by atoms with Gasteiger partial charge in [-0.3, -0.25) is 4.99 Å². The van der Waals surface area contributed by atoms with E-state index in [1.165, 1.54) is 12.1 Å². The molecule has 3 heteroatoms. The molecule has 0 aliphatic carbocycles. The van der Waals surface area contributed by atoms with Crippen LogP contribution in [0.5, 0.6) is 0 Å². The van der Waals surface area contributed by atoms with Gasteiger partial charge in [0.15, 0.2) is 0 Å². The highest BCUT2D eigenvalue weighted by molar-refractivity contribution is 6.30. The Morgan fingerprint density at radius 1 is 1.06 bits per heavy atom. The van der Waals surface area contributed by atoms with Gasteiger partial charge in [0.1, 0.15) is 5.82 Å². The summed E-state index contributed by atoms with van der Waals surface area (Å²) in [5.74, 6) is -0.286.